The van der Waals surface area contributed by atoms with E-state index in [1.165, 1.54) is 18.5 Å². The first-order valence-corrected chi connectivity index (χ1v) is 7.28. The molecule has 0 bridgehead atoms. The van der Waals surface area contributed by atoms with Gasteiger partial charge in [-0.2, -0.15) is 5.10 Å². The Morgan fingerprint density at radius 1 is 1.04 bits per heavy atom. The maximum absolute atomic E-state index is 13.1. The van der Waals surface area contributed by atoms with Gasteiger partial charge in [-0.25, -0.2) is 19.0 Å². The van der Waals surface area contributed by atoms with E-state index in [4.69, 9.17) is 5.73 Å². The van der Waals surface area contributed by atoms with Crippen molar-refractivity contribution >= 4 is 28.2 Å². The normalized spacial score (nSPS) is 10.9. The number of benzene rings is 2. The third-order valence-corrected chi connectivity index (χ3v) is 3.59. The molecule has 4 aromatic rings. The number of aromatic nitrogens is 4. The molecule has 24 heavy (non-hydrogen) atoms. The molecule has 6 nitrogen and oxygen atoms in total. The van der Waals surface area contributed by atoms with E-state index in [1.807, 2.05) is 24.3 Å². The Hall–Kier alpha value is -3.48. The smallest absolute Gasteiger partial charge is 0.168 e. The van der Waals surface area contributed by atoms with Crippen LogP contribution in [0.3, 0.4) is 0 Å². The highest BCUT2D eigenvalue weighted by molar-refractivity contribution is 5.89. The van der Waals surface area contributed by atoms with Gasteiger partial charge in [0.05, 0.1) is 17.3 Å². The molecule has 2 aromatic heterocycles. The number of fused-ring (bicyclic) bond motifs is 1. The summed E-state index contributed by atoms with van der Waals surface area (Å²) in [6.45, 7) is 0. The SMILES string of the molecule is Nc1cccc(Nc2ncnc3c2cnn3-c2ccc(F)cc2)c1. The van der Waals surface area contributed by atoms with Gasteiger partial charge in [-0.05, 0) is 42.5 Å². The van der Waals surface area contributed by atoms with Gasteiger partial charge in [0, 0.05) is 11.4 Å². The van der Waals surface area contributed by atoms with E-state index in [1.54, 1.807) is 23.0 Å². The fourth-order valence-electron chi connectivity index (χ4n) is 2.47. The standard InChI is InChI=1S/C17H13FN6/c18-11-4-6-14(7-5-11)24-17-15(9-22-24)16(20-10-21-17)23-13-3-1-2-12(19)8-13/h1-10H,19H2,(H,20,21,23). The van der Waals surface area contributed by atoms with Gasteiger partial charge in [0.15, 0.2) is 5.65 Å². The van der Waals surface area contributed by atoms with Gasteiger partial charge in [-0.15, -0.1) is 0 Å². The van der Waals surface area contributed by atoms with Gasteiger partial charge in [0.2, 0.25) is 0 Å². The van der Waals surface area contributed by atoms with Crippen LogP contribution in [0.2, 0.25) is 0 Å². The average Bonchev–Trinajstić information content (AvgIpc) is 3.01. The second-order valence-electron chi connectivity index (χ2n) is 5.24. The molecule has 2 heterocycles. The fourth-order valence-corrected chi connectivity index (χ4v) is 2.47. The predicted octanol–water partition coefficient (Wildman–Crippen LogP) is 3.28. The molecule has 0 unspecified atom stereocenters. The van der Waals surface area contributed by atoms with E-state index < -0.39 is 0 Å². The number of nitrogens with two attached hydrogens (primary N) is 1. The number of hydrogen-bond donors (Lipinski definition) is 2. The van der Waals surface area contributed by atoms with Crippen LogP contribution >= 0.6 is 0 Å². The highest BCUT2D eigenvalue weighted by Gasteiger charge is 2.11. The third kappa shape index (κ3) is 2.52. The lowest BCUT2D eigenvalue weighted by Gasteiger charge is -2.07. The Balaban J connectivity index is 1.77. The first-order valence-electron chi connectivity index (χ1n) is 7.28. The minimum absolute atomic E-state index is 0.297. The van der Waals surface area contributed by atoms with Crippen LogP contribution in [0.4, 0.5) is 21.6 Å². The molecule has 0 spiro atoms. The van der Waals surface area contributed by atoms with Gasteiger partial charge in [-0.3, -0.25) is 0 Å². The van der Waals surface area contributed by atoms with Crippen LogP contribution in [-0.4, -0.2) is 19.7 Å². The lowest BCUT2D eigenvalue weighted by Crippen LogP contribution is -1.99. The third-order valence-electron chi connectivity index (χ3n) is 3.59. The van der Waals surface area contributed by atoms with E-state index in [9.17, 15) is 4.39 Å². The molecule has 118 valence electrons. The molecule has 4 rings (SSSR count). The van der Waals surface area contributed by atoms with E-state index >= 15 is 0 Å². The van der Waals surface area contributed by atoms with E-state index in [0.29, 0.717) is 17.2 Å². The number of halogens is 1. The van der Waals surface area contributed by atoms with Crippen molar-refractivity contribution in [2.45, 2.75) is 0 Å². The summed E-state index contributed by atoms with van der Waals surface area (Å²) in [5.74, 6) is 0.327. The Kier molecular flexibility index (Phi) is 3.31. The first kappa shape index (κ1) is 14.1. The summed E-state index contributed by atoms with van der Waals surface area (Å²) in [5, 5.41) is 8.31. The second-order valence-corrected chi connectivity index (χ2v) is 5.24. The molecule has 0 aliphatic carbocycles. The maximum atomic E-state index is 13.1. The van der Waals surface area contributed by atoms with Crippen LogP contribution in [0, 0.1) is 5.82 Å². The number of nitrogen functional groups attached to an aromatic ring is 1. The zero-order valence-corrected chi connectivity index (χ0v) is 12.5. The molecule has 0 saturated heterocycles. The topological polar surface area (TPSA) is 81.7 Å². The molecule has 0 aliphatic heterocycles. The maximum Gasteiger partial charge on any atom is 0.168 e. The molecule has 0 fully saturated rings. The van der Waals surface area contributed by atoms with Crippen molar-refractivity contribution in [2.24, 2.45) is 0 Å². The highest BCUT2D eigenvalue weighted by atomic mass is 19.1. The van der Waals surface area contributed by atoms with Crippen molar-refractivity contribution < 1.29 is 4.39 Å². The molecule has 7 heteroatoms. The lowest BCUT2D eigenvalue weighted by atomic mass is 10.2. The van der Waals surface area contributed by atoms with Crippen LogP contribution in [-0.2, 0) is 0 Å². The molecule has 0 radical (unpaired) electrons. The first-order chi connectivity index (χ1) is 11.7. The number of rotatable bonds is 3. The van der Waals surface area contributed by atoms with E-state index in [2.05, 4.69) is 20.4 Å². The van der Waals surface area contributed by atoms with Crippen molar-refractivity contribution in [1.29, 1.82) is 0 Å². The molecular weight excluding hydrogens is 307 g/mol. The molecule has 0 saturated carbocycles. The monoisotopic (exact) mass is 320 g/mol. The highest BCUT2D eigenvalue weighted by Crippen LogP contribution is 2.25. The summed E-state index contributed by atoms with van der Waals surface area (Å²) < 4.78 is 14.7. The van der Waals surface area contributed by atoms with Gasteiger partial charge in [-0.1, -0.05) is 6.07 Å². The number of anilines is 3. The molecule has 2 aromatic carbocycles. The van der Waals surface area contributed by atoms with Crippen molar-refractivity contribution in [3.8, 4) is 5.69 Å². The molecule has 0 atom stereocenters. The van der Waals surface area contributed by atoms with Gasteiger partial charge in [0.1, 0.15) is 18.0 Å². The second kappa shape index (κ2) is 5.62. The number of nitrogens with zero attached hydrogens (tertiary/aromatic N) is 4. The van der Waals surface area contributed by atoms with Crippen molar-refractivity contribution in [2.75, 3.05) is 11.1 Å². The number of nitrogens with one attached hydrogen (secondary N) is 1. The summed E-state index contributed by atoms with van der Waals surface area (Å²) >= 11 is 0. The Bertz CT molecular complexity index is 1010. The summed E-state index contributed by atoms with van der Waals surface area (Å²) in [5.41, 5.74) is 8.63. The van der Waals surface area contributed by atoms with Gasteiger partial charge < -0.3 is 11.1 Å². The largest absolute Gasteiger partial charge is 0.399 e. The van der Waals surface area contributed by atoms with Gasteiger partial charge >= 0.3 is 0 Å². The zero-order valence-electron chi connectivity index (χ0n) is 12.5. The van der Waals surface area contributed by atoms with Crippen molar-refractivity contribution in [1.82, 2.24) is 19.7 Å². The van der Waals surface area contributed by atoms with Crippen LogP contribution in [0.5, 0.6) is 0 Å². The summed E-state index contributed by atoms with van der Waals surface area (Å²) in [7, 11) is 0. The fraction of sp³-hybridized carbons (Fsp3) is 0. The van der Waals surface area contributed by atoms with Crippen LogP contribution in [0.1, 0.15) is 0 Å². The minimum Gasteiger partial charge on any atom is -0.399 e. The van der Waals surface area contributed by atoms with E-state index in [-0.39, 0.29) is 5.82 Å². The Morgan fingerprint density at radius 3 is 2.67 bits per heavy atom. The molecule has 3 N–H and O–H groups in total. The average molecular weight is 320 g/mol. The summed E-state index contributed by atoms with van der Waals surface area (Å²) in [6, 6.07) is 13.5. The zero-order chi connectivity index (χ0) is 16.5. The van der Waals surface area contributed by atoms with Crippen LogP contribution < -0.4 is 11.1 Å². The molecule has 0 aliphatic rings. The number of hydrogen-bond acceptors (Lipinski definition) is 5. The predicted molar refractivity (Wildman–Crippen MR) is 90.8 cm³/mol. The quantitative estimate of drug-likeness (QED) is 0.566. The van der Waals surface area contributed by atoms with Crippen molar-refractivity contribution in [3.63, 3.8) is 0 Å². The van der Waals surface area contributed by atoms with Crippen LogP contribution in [0.25, 0.3) is 16.7 Å². The summed E-state index contributed by atoms with van der Waals surface area (Å²) in [4.78, 5) is 8.57. The minimum atomic E-state index is -0.297. The van der Waals surface area contributed by atoms with Gasteiger partial charge in [0.25, 0.3) is 0 Å². The van der Waals surface area contributed by atoms with Crippen LogP contribution in [0.15, 0.2) is 61.1 Å². The Morgan fingerprint density at radius 2 is 1.88 bits per heavy atom. The lowest BCUT2D eigenvalue weighted by molar-refractivity contribution is 0.627. The van der Waals surface area contributed by atoms with Crippen molar-refractivity contribution in [3.05, 3.63) is 66.9 Å². The molecule has 0 amide bonds. The van der Waals surface area contributed by atoms with E-state index in [0.717, 1.165) is 16.8 Å². The molecular formula is C17H13FN6. The Labute approximate surface area is 136 Å². The summed E-state index contributed by atoms with van der Waals surface area (Å²) in [6.07, 6.45) is 3.13.